The normalized spacial score (nSPS) is 11.3. The van der Waals surface area contributed by atoms with Crippen molar-refractivity contribution in [2.45, 2.75) is 23.6 Å². The van der Waals surface area contributed by atoms with E-state index in [0.29, 0.717) is 0 Å². The van der Waals surface area contributed by atoms with Crippen molar-refractivity contribution in [1.29, 1.82) is 0 Å². The molecule has 0 fully saturated rings. The molecule has 0 saturated carbocycles. The Morgan fingerprint density at radius 1 is 0.676 bits per heavy atom. The quantitative estimate of drug-likeness (QED) is 0.327. The van der Waals surface area contributed by atoms with E-state index in [1.807, 2.05) is 44.2 Å². The lowest BCUT2D eigenvalue weighted by Crippen LogP contribution is -2.32. The number of aryl methyl sites for hydroxylation is 2. The minimum atomic E-state index is -4.08. The molecule has 6 nitrogen and oxygen atoms in total. The molecule has 188 valence electrons. The first-order chi connectivity index (χ1) is 17.7. The Kier molecular flexibility index (Phi) is 7.67. The molecule has 0 aliphatic carbocycles. The van der Waals surface area contributed by atoms with Crippen molar-refractivity contribution < 1.29 is 16.8 Å². The van der Waals surface area contributed by atoms with Crippen LogP contribution in [-0.4, -0.2) is 23.4 Å². The van der Waals surface area contributed by atoms with Crippen LogP contribution in [0.2, 0.25) is 0 Å². The fourth-order valence-electron chi connectivity index (χ4n) is 3.57. The average molecular weight is 531 g/mol. The number of hydrogen-bond acceptors (Lipinski definition) is 4. The Hall–Kier alpha value is -4.06. The molecule has 4 aromatic carbocycles. The topological polar surface area (TPSA) is 83.6 Å². The van der Waals surface area contributed by atoms with Gasteiger partial charge >= 0.3 is 0 Å². The Morgan fingerprint density at radius 2 is 1.22 bits per heavy atom. The first kappa shape index (κ1) is 26.0. The van der Waals surface area contributed by atoms with Gasteiger partial charge in [-0.25, -0.2) is 16.8 Å². The van der Waals surface area contributed by atoms with Gasteiger partial charge in [-0.15, -0.1) is 0 Å². The summed E-state index contributed by atoms with van der Waals surface area (Å²) in [5.74, 6) is 5.92. The maximum absolute atomic E-state index is 13.8. The van der Waals surface area contributed by atoms with Gasteiger partial charge in [-0.3, -0.25) is 9.03 Å². The minimum Gasteiger partial charge on any atom is -0.277 e. The van der Waals surface area contributed by atoms with E-state index in [0.717, 1.165) is 21.0 Å². The smallest absolute Gasteiger partial charge is 0.265 e. The van der Waals surface area contributed by atoms with Crippen LogP contribution in [0.4, 0.5) is 11.4 Å². The molecule has 0 amide bonds. The standard InChI is InChI=1S/C29H26N2O4S2/c1-23-14-18-26(19-15-23)36(32,33)30-28-12-6-7-13-29(28)31(22-8-11-25-9-4-3-5-10-25)37(34,35)27-20-16-24(2)17-21-27/h3-7,9-10,12-21,30H,22H2,1-2H3. The van der Waals surface area contributed by atoms with Crippen molar-refractivity contribution in [3.63, 3.8) is 0 Å². The summed E-state index contributed by atoms with van der Waals surface area (Å²) in [4.78, 5) is 0.153. The van der Waals surface area contributed by atoms with Gasteiger partial charge in [0.25, 0.3) is 20.0 Å². The van der Waals surface area contributed by atoms with Crippen LogP contribution in [0.25, 0.3) is 0 Å². The summed E-state index contributed by atoms with van der Waals surface area (Å²) >= 11 is 0. The highest BCUT2D eigenvalue weighted by Crippen LogP contribution is 2.32. The van der Waals surface area contributed by atoms with Gasteiger partial charge < -0.3 is 0 Å². The van der Waals surface area contributed by atoms with Crippen LogP contribution in [-0.2, 0) is 20.0 Å². The van der Waals surface area contributed by atoms with Crippen LogP contribution in [0.15, 0.2) is 113 Å². The molecule has 8 heteroatoms. The van der Waals surface area contributed by atoms with Gasteiger partial charge in [0.15, 0.2) is 0 Å². The Morgan fingerprint density at radius 3 is 1.84 bits per heavy atom. The molecule has 4 aromatic rings. The lowest BCUT2D eigenvalue weighted by Gasteiger charge is -2.25. The zero-order chi connectivity index (χ0) is 26.5. The molecule has 0 radical (unpaired) electrons. The Labute approximate surface area is 218 Å². The van der Waals surface area contributed by atoms with Gasteiger partial charge in [0.2, 0.25) is 0 Å². The summed E-state index contributed by atoms with van der Waals surface area (Å²) in [7, 11) is -8.05. The van der Waals surface area contributed by atoms with E-state index in [-0.39, 0.29) is 27.7 Å². The zero-order valence-electron chi connectivity index (χ0n) is 20.4. The highest BCUT2D eigenvalue weighted by molar-refractivity contribution is 7.93. The van der Waals surface area contributed by atoms with Gasteiger partial charge in [-0.1, -0.05) is 77.6 Å². The Bertz CT molecular complexity index is 1650. The van der Waals surface area contributed by atoms with E-state index in [1.54, 1.807) is 42.5 Å². The van der Waals surface area contributed by atoms with Crippen LogP contribution >= 0.6 is 0 Å². The molecule has 0 spiro atoms. The van der Waals surface area contributed by atoms with Gasteiger partial charge in [-0.05, 0) is 62.4 Å². The van der Waals surface area contributed by atoms with Gasteiger partial charge in [0.05, 0.1) is 27.7 Å². The molecule has 4 rings (SSSR count). The van der Waals surface area contributed by atoms with E-state index in [9.17, 15) is 16.8 Å². The van der Waals surface area contributed by atoms with E-state index in [2.05, 4.69) is 16.6 Å². The molecule has 0 heterocycles. The molecule has 0 aliphatic rings. The minimum absolute atomic E-state index is 0.0738. The van der Waals surface area contributed by atoms with Crippen LogP contribution in [0.5, 0.6) is 0 Å². The summed E-state index contributed by atoms with van der Waals surface area (Å²) in [6.45, 7) is 3.55. The lowest BCUT2D eigenvalue weighted by molar-refractivity contribution is 0.592. The molecule has 0 saturated heterocycles. The number of sulfonamides is 2. The molecule has 0 aromatic heterocycles. The van der Waals surface area contributed by atoms with Crippen molar-refractivity contribution in [2.75, 3.05) is 15.6 Å². The van der Waals surface area contributed by atoms with Crippen LogP contribution < -0.4 is 9.03 Å². The summed E-state index contributed by atoms with van der Waals surface area (Å²) in [5, 5.41) is 0. The largest absolute Gasteiger partial charge is 0.277 e. The first-order valence-electron chi connectivity index (χ1n) is 11.5. The van der Waals surface area contributed by atoms with Crippen molar-refractivity contribution in [3.05, 3.63) is 120 Å². The molecule has 0 atom stereocenters. The van der Waals surface area contributed by atoms with Gasteiger partial charge in [0, 0.05) is 5.56 Å². The number of hydrogen-bond donors (Lipinski definition) is 1. The lowest BCUT2D eigenvalue weighted by atomic mass is 10.2. The summed E-state index contributed by atoms with van der Waals surface area (Å²) in [5.41, 5.74) is 2.87. The van der Waals surface area contributed by atoms with Crippen molar-refractivity contribution in [1.82, 2.24) is 0 Å². The number of para-hydroxylation sites is 2. The number of benzene rings is 4. The Balaban J connectivity index is 1.78. The van der Waals surface area contributed by atoms with E-state index < -0.39 is 20.0 Å². The first-order valence-corrected chi connectivity index (χ1v) is 14.4. The number of nitrogens with zero attached hydrogens (tertiary/aromatic N) is 1. The van der Waals surface area contributed by atoms with Crippen molar-refractivity contribution in [2.24, 2.45) is 0 Å². The molecule has 0 bridgehead atoms. The highest BCUT2D eigenvalue weighted by atomic mass is 32.2. The second-order valence-corrected chi connectivity index (χ2v) is 12.0. The maximum Gasteiger partial charge on any atom is 0.265 e. The summed E-state index contributed by atoms with van der Waals surface area (Å²) in [6.07, 6.45) is 0. The molecule has 1 N–H and O–H groups in total. The molecule has 37 heavy (non-hydrogen) atoms. The van der Waals surface area contributed by atoms with E-state index in [1.165, 1.54) is 30.3 Å². The predicted molar refractivity (Wildman–Crippen MR) is 147 cm³/mol. The summed E-state index contributed by atoms with van der Waals surface area (Å²) < 4.78 is 57.5. The second kappa shape index (κ2) is 10.9. The second-order valence-electron chi connectivity index (χ2n) is 8.43. The molecular formula is C29H26N2O4S2. The van der Waals surface area contributed by atoms with Crippen molar-refractivity contribution in [3.8, 4) is 11.8 Å². The van der Waals surface area contributed by atoms with Crippen LogP contribution in [0.1, 0.15) is 16.7 Å². The van der Waals surface area contributed by atoms with Gasteiger partial charge in [0.1, 0.15) is 0 Å². The molecule has 0 unspecified atom stereocenters. The van der Waals surface area contributed by atoms with E-state index in [4.69, 9.17) is 0 Å². The maximum atomic E-state index is 13.8. The SMILES string of the molecule is Cc1ccc(S(=O)(=O)Nc2ccccc2N(CC#Cc2ccccc2)S(=O)(=O)c2ccc(C)cc2)cc1. The van der Waals surface area contributed by atoms with Crippen LogP contribution in [0, 0.1) is 25.7 Å². The molecular weight excluding hydrogens is 504 g/mol. The average Bonchev–Trinajstić information content (AvgIpc) is 2.88. The third kappa shape index (κ3) is 6.20. The highest BCUT2D eigenvalue weighted by Gasteiger charge is 2.27. The fourth-order valence-corrected chi connectivity index (χ4v) is 6.03. The molecule has 0 aliphatic heterocycles. The van der Waals surface area contributed by atoms with Crippen molar-refractivity contribution >= 4 is 31.4 Å². The number of rotatable bonds is 7. The predicted octanol–water partition coefficient (Wildman–Crippen LogP) is 5.35. The number of anilines is 2. The summed E-state index contributed by atoms with van der Waals surface area (Å²) in [6, 6.07) is 28.5. The van der Waals surface area contributed by atoms with Crippen LogP contribution in [0.3, 0.4) is 0 Å². The third-order valence-electron chi connectivity index (χ3n) is 5.59. The number of nitrogens with one attached hydrogen (secondary N) is 1. The third-order valence-corrected chi connectivity index (χ3v) is 8.74. The van der Waals surface area contributed by atoms with E-state index >= 15 is 0 Å². The zero-order valence-corrected chi connectivity index (χ0v) is 22.1. The van der Waals surface area contributed by atoms with Gasteiger partial charge in [-0.2, -0.15) is 0 Å². The monoisotopic (exact) mass is 530 g/mol. The fraction of sp³-hybridized carbons (Fsp3) is 0.103.